The molecule has 0 aromatic heterocycles. The summed E-state index contributed by atoms with van der Waals surface area (Å²) in [4.78, 5) is 4.48. The molecule has 0 spiro atoms. The molecule has 104 valence electrons. The second kappa shape index (κ2) is 6.74. The first-order valence-electron chi connectivity index (χ1n) is 6.37. The van der Waals surface area contributed by atoms with Crippen LogP contribution in [-0.4, -0.2) is 17.9 Å². The third kappa shape index (κ3) is 3.50. The van der Waals surface area contributed by atoms with Crippen molar-refractivity contribution in [1.82, 2.24) is 0 Å². The van der Waals surface area contributed by atoms with Crippen molar-refractivity contribution < 1.29 is 9.84 Å². The predicted molar refractivity (Wildman–Crippen MR) is 90.4 cm³/mol. The molecule has 0 amide bonds. The van der Waals surface area contributed by atoms with Gasteiger partial charge in [0.2, 0.25) is 0 Å². The number of aliphatic imine (C=N–C) groups is 1. The molecule has 2 aromatic carbocycles. The highest BCUT2D eigenvalue weighted by molar-refractivity contribution is 14.1. The van der Waals surface area contributed by atoms with Gasteiger partial charge in [0, 0.05) is 6.21 Å². The Balaban J connectivity index is 2.32. The minimum absolute atomic E-state index is 0.181. The SMILES string of the molecule is CCOc1cc(C=Nc2ccccc2C)cc(I)c1O. The summed E-state index contributed by atoms with van der Waals surface area (Å²) >= 11 is 2.08. The summed E-state index contributed by atoms with van der Waals surface area (Å²) in [6.07, 6.45) is 1.78. The van der Waals surface area contributed by atoms with Crippen molar-refractivity contribution in [3.05, 3.63) is 51.1 Å². The summed E-state index contributed by atoms with van der Waals surface area (Å²) in [6, 6.07) is 11.6. The fourth-order valence-corrected chi connectivity index (χ4v) is 2.41. The zero-order valence-electron chi connectivity index (χ0n) is 11.4. The van der Waals surface area contributed by atoms with Gasteiger partial charge in [0.05, 0.1) is 15.9 Å². The number of benzene rings is 2. The van der Waals surface area contributed by atoms with Crippen molar-refractivity contribution in [2.45, 2.75) is 13.8 Å². The maximum atomic E-state index is 9.91. The Hall–Kier alpha value is -1.56. The molecule has 0 aliphatic heterocycles. The number of hydrogen-bond donors (Lipinski definition) is 1. The molecule has 0 heterocycles. The van der Waals surface area contributed by atoms with Crippen LogP contribution in [0.15, 0.2) is 41.4 Å². The van der Waals surface area contributed by atoms with Crippen LogP contribution in [0, 0.1) is 10.5 Å². The normalized spacial score (nSPS) is 10.9. The van der Waals surface area contributed by atoms with Crippen molar-refractivity contribution in [1.29, 1.82) is 0 Å². The Morgan fingerprint density at radius 3 is 2.75 bits per heavy atom. The molecule has 20 heavy (non-hydrogen) atoms. The summed E-state index contributed by atoms with van der Waals surface area (Å²) in [7, 11) is 0. The quantitative estimate of drug-likeness (QED) is 0.628. The average Bonchev–Trinajstić information content (AvgIpc) is 2.43. The zero-order valence-corrected chi connectivity index (χ0v) is 13.6. The van der Waals surface area contributed by atoms with E-state index in [1.807, 2.05) is 44.2 Å². The lowest BCUT2D eigenvalue weighted by Crippen LogP contribution is -1.95. The molecule has 3 nitrogen and oxygen atoms in total. The lowest BCUT2D eigenvalue weighted by atomic mass is 10.2. The molecule has 0 unspecified atom stereocenters. The molecule has 2 rings (SSSR count). The summed E-state index contributed by atoms with van der Waals surface area (Å²) in [5.41, 5.74) is 2.97. The molecule has 0 fully saturated rings. The molecule has 2 aromatic rings. The van der Waals surface area contributed by atoms with Gasteiger partial charge in [0.15, 0.2) is 11.5 Å². The van der Waals surface area contributed by atoms with Crippen LogP contribution in [0.25, 0.3) is 0 Å². The zero-order chi connectivity index (χ0) is 14.5. The van der Waals surface area contributed by atoms with Gasteiger partial charge < -0.3 is 9.84 Å². The van der Waals surface area contributed by atoms with E-state index in [4.69, 9.17) is 4.74 Å². The number of phenolic OH excluding ortho intramolecular Hbond substituents is 1. The Morgan fingerprint density at radius 2 is 2.05 bits per heavy atom. The van der Waals surface area contributed by atoms with Gasteiger partial charge in [-0.1, -0.05) is 18.2 Å². The highest BCUT2D eigenvalue weighted by atomic mass is 127. The van der Waals surface area contributed by atoms with Gasteiger partial charge in [-0.2, -0.15) is 0 Å². The second-order valence-corrected chi connectivity index (χ2v) is 5.49. The smallest absolute Gasteiger partial charge is 0.171 e. The monoisotopic (exact) mass is 381 g/mol. The molecule has 0 saturated heterocycles. The number of aromatic hydroxyl groups is 1. The maximum Gasteiger partial charge on any atom is 0.171 e. The van der Waals surface area contributed by atoms with E-state index in [1.165, 1.54) is 0 Å². The Bertz CT molecular complexity index is 638. The van der Waals surface area contributed by atoms with Crippen LogP contribution >= 0.6 is 22.6 Å². The fourth-order valence-electron chi connectivity index (χ4n) is 1.79. The van der Waals surface area contributed by atoms with Crippen molar-refractivity contribution in [3.63, 3.8) is 0 Å². The van der Waals surface area contributed by atoms with Crippen molar-refractivity contribution in [3.8, 4) is 11.5 Å². The number of aryl methyl sites for hydroxylation is 1. The van der Waals surface area contributed by atoms with Gasteiger partial charge >= 0.3 is 0 Å². The van der Waals surface area contributed by atoms with E-state index in [1.54, 1.807) is 12.3 Å². The van der Waals surface area contributed by atoms with E-state index in [9.17, 15) is 5.11 Å². The van der Waals surface area contributed by atoms with Crippen LogP contribution < -0.4 is 4.74 Å². The van der Waals surface area contributed by atoms with E-state index in [2.05, 4.69) is 27.6 Å². The van der Waals surface area contributed by atoms with Crippen molar-refractivity contribution >= 4 is 34.5 Å². The lowest BCUT2D eigenvalue weighted by Gasteiger charge is -2.08. The van der Waals surface area contributed by atoms with Crippen LogP contribution in [0.1, 0.15) is 18.1 Å². The van der Waals surface area contributed by atoms with Gasteiger partial charge in [-0.3, -0.25) is 4.99 Å². The first-order valence-corrected chi connectivity index (χ1v) is 7.44. The molecule has 0 aliphatic carbocycles. The van der Waals surface area contributed by atoms with Gasteiger partial charge in [0.1, 0.15) is 0 Å². The van der Waals surface area contributed by atoms with Gasteiger partial charge in [0.25, 0.3) is 0 Å². The van der Waals surface area contributed by atoms with E-state index in [-0.39, 0.29) is 5.75 Å². The van der Waals surface area contributed by atoms with Gasteiger partial charge in [-0.25, -0.2) is 0 Å². The first kappa shape index (κ1) is 14.8. The summed E-state index contributed by atoms with van der Waals surface area (Å²) in [5.74, 6) is 0.672. The Kier molecular flexibility index (Phi) is 5.00. The molecule has 0 saturated carbocycles. The third-order valence-corrected chi connectivity index (χ3v) is 3.64. The minimum Gasteiger partial charge on any atom is -0.504 e. The van der Waals surface area contributed by atoms with Crippen molar-refractivity contribution in [2.75, 3.05) is 6.61 Å². The largest absolute Gasteiger partial charge is 0.504 e. The standard InChI is InChI=1S/C16H16INO2/c1-3-20-15-9-12(8-13(17)16(15)19)10-18-14-7-5-4-6-11(14)2/h4-10,19H,3H2,1-2H3. The molecular formula is C16H16INO2. The Morgan fingerprint density at radius 1 is 1.30 bits per heavy atom. The summed E-state index contributed by atoms with van der Waals surface area (Å²) in [5, 5.41) is 9.91. The second-order valence-electron chi connectivity index (χ2n) is 4.33. The van der Waals surface area contributed by atoms with Crippen LogP contribution in [0.2, 0.25) is 0 Å². The number of rotatable bonds is 4. The predicted octanol–water partition coefficient (Wildman–Crippen LogP) is 4.45. The number of halogens is 1. The van der Waals surface area contributed by atoms with Crippen LogP contribution in [-0.2, 0) is 0 Å². The molecular weight excluding hydrogens is 365 g/mol. The molecule has 0 atom stereocenters. The summed E-state index contributed by atoms with van der Waals surface area (Å²) < 4.78 is 6.17. The van der Waals surface area contributed by atoms with E-state index in [0.717, 1.165) is 20.4 Å². The topological polar surface area (TPSA) is 41.8 Å². The van der Waals surface area contributed by atoms with Crippen LogP contribution in [0.4, 0.5) is 5.69 Å². The maximum absolute atomic E-state index is 9.91. The van der Waals surface area contributed by atoms with Gasteiger partial charge in [-0.15, -0.1) is 0 Å². The Labute approximate surface area is 132 Å². The van der Waals surface area contributed by atoms with E-state index < -0.39 is 0 Å². The van der Waals surface area contributed by atoms with Gasteiger partial charge in [-0.05, 0) is 65.8 Å². The number of phenols is 1. The number of ether oxygens (including phenoxy) is 1. The lowest BCUT2D eigenvalue weighted by molar-refractivity contribution is 0.317. The first-order chi connectivity index (χ1) is 9.61. The summed E-state index contributed by atoms with van der Waals surface area (Å²) in [6.45, 7) is 4.43. The third-order valence-electron chi connectivity index (χ3n) is 2.82. The van der Waals surface area contributed by atoms with E-state index >= 15 is 0 Å². The highest BCUT2D eigenvalue weighted by Gasteiger charge is 2.08. The molecule has 0 radical (unpaired) electrons. The van der Waals surface area contributed by atoms with Crippen LogP contribution in [0.5, 0.6) is 11.5 Å². The van der Waals surface area contributed by atoms with E-state index in [0.29, 0.717) is 12.4 Å². The minimum atomic E-state index is 0.181. The molecule has 0 bridgehead atoms. The number of nitrogens with zero attached hydrogens (tertiary/aromatic N) is 1. The number of hydrogen-bond acceptors (Lipinski definition) is 3. The number of para-hydroxylation sites is 1. The van der Waals surface area contributed by atoms with Crippen molar-refractivity contribution in [2.24, 2.45) is 4.99 Å². The highest BCUT2D eigenvalue weighted by Crippen LogP contribution is 2.32. The average molecular weight is 381 g/mol. The molecule has 1 N–H and O–H groups in total. The van der Waals surface area contributed by atoms with Crippen LogP contribution in [0.3, 0.4) is 0 Å². The fraction of sp³-hybridized carbons (Fsp3) is 0.188. The molecule has 4 heteroatoms. The molecule has 0 aliphatic rings.